The molecule has 110 valence electrons. The lowest BCUT2D eigenvalue weighted by atomic mass is 10.2. The van der Waals surface area contributed by atoms with Crippen molar-refractivity contribution < 1.29 is 14.3 Å². The van der Waals surface area contributed by atoms with E-state index in [4.69, 9.17) is 21.1 Å². The van der Waals surface area contributed by atoms with Crippen LogP contribution in [0.5, 0.6) is 5.75 Å². The van der Waals surface area contributed by atoms with Crippen molar-refractivity contribution in [3.63, 3.8) is 0 Å². The lowest BCUT2D eigenvalue weighted by Gasteiger charge is -2.35. The molecule has 1 fully saturated rings. The third-order valence-electron chi connectivity index (χ3n) is 3.11. The van der Waals surface area contributed by atoms with Gasteiger partial charge in [0.05, 0.1) is 24.3 Å². The van der Waals surface area contributed by atoms with Gasteiger partial charge in [0.15, 0.2) is 0 Å². The number of rotatable bonds is 2. The first kappa shape index (κ1) is 14.9. The van der Waals surface area contributed by atoms with Gasteiger partial charge in [0.1, 0.15) is 5.75 Å². The number of halogens is 1. The predicted molar refractivity (Wildman–Crippen MR) is 78.6 cm³/mol. The molecule has 0 saturated carbocycles. The van der Waals surface area contributed by atoms with E-state index in [-0.39, 0.29) is 18.2 Å². The molecule has 1 saturated heterocycles. The van der Waals surface area contributed by atoms with Crippen LogP contribution in [-0.2, 0) is 4.74 Å². The molecule has 0 unspecified atom stereocenters. The van der Waals surface area contributed by atoms with Crippen molar-refractivity contribution >= 4 is 23.3 Å². The van der Waals surface area contributed by atoms with E-state index in [1.54, 1.807) is 23.1 Å². The number of methoxy groups -OCH3 is 1. The lowest BCUT2D eigenvalue weighted by molar-refractivity contribution is -0.0530. The molecule has 0 aliphatic carbocycles. The Morgan fingerprint density at radius 1 is 1.40 bits per heavy atom. The maximum Gasteiger partial charge on any atom is 0.322 e. The molecule has 2 amide bonds. The second-order valence-corrected chi connectivity index (χ2v) is 5.35. The molecular weight excluding hydrogens is 280 g/mol. The van der Waals surface area contributed by atoms with E-state index >= 15 is 0 Å². The Labute approximate surface area is 123 Å². The van der Waals surface area contributed by atoms with E-state index in [0.717, 1.165) is 0 Å². The van der Waals surface area contributed by atoms with Gasteiger partial charge < -0.3 is 19.7 Å². The monoisotopic (exact) mass is 298 g/mol. The van der Waals surface area contributed by atoms with Crippen molar-refractivity contribution in [3.8, 4) is 5.75 Å². The molecule has 0 radical (unpaired) electrons. The van der Waals surface area contributed by atoms with Crippen LogP contribution in [0.1, 0.15) is 13.8 Å². The number of ether oxygens (including phenoxy) is 2. The van der Waals surface area contributed by atoms with Crippen LogP contribution in [0.4, 0.5) is 10.5 Å². The Kier molecular flexibility index (Phi) is 4.73. The van der Waals surface area contributed by atoms with Crippen molar-refractivity contribution in [3.05, 3.63) is 23.2 Å². The molecule has 2 atom stereocenters. The standard InChI is InChI=1S/C14H19ClN2O3/c1-9-7-17(8-10(2)20-9)14(18)16-11-4-5-12(15)13(6-11)19-3/h4-6,9-10H,7-8H2,1-3H3,(H,16,18)/t9-,10-/m0/s1. The molecule has 20 heavy (non-hydrogen) atoms. The summed E-state index contributed by atoms with van der Waals surface area (Å²) in [6.45, 7) is 5.09. The number of morpholine rings is 1. The molecule has 1 N–H and O–H groups in total. The SMILES string of the molecule is COc1cc(NC(=O)N2C[C@H](C)O[C@@H](C)C2)ccc1Cl. The van der Waals surface area contributed by atoms with Gasteiger partial charge in [-0.2, -0.15) is 0 Å². The highest BCUT2D eigenvalue weighted by atomic mass is 35.5. The van der Waals surface area contributed by atoms with Crippen LogP contribution in [-0.4, -0.2) is 43.3 Å². The first-order chi connectivity index (χ1) is 9.49. The second-order valence-electron chi connectivity index (χ2n) is 4.94. The fourth-order valence-electron chi connectivity index (χ4n) is 2.28. The number of nitrogens with zero attached hydrogens (tertiary/aromatic N) is 1. The fourth-order valence-corrected chi connectivity index (χ4v) is 2.48. The van der Waals surface area contributed by atoms with Crippen molar-refractivity contribution in [2.75, 3.05) is 25.5 Å². The average Bonchev–Trinajstić information content (AvgIpc) is 2.39. The minimum atomic E-state index is -0.142. The maximum absolute atomic E-state index is 12.2. The van der Waals surface area contributed by atoms with Crippen LogP contribution >= 0.6 is 11.6 Å². The molecule has 1 aliphatic heterocycles. The Bertz CT molecular complexity index is 485. The normalized spacial score (nSPS) is 22.5. The number of hydrogen-bond donors (Lipinski definition) is 1. The minimum Gasteiger partial charge on any atom is -0.495 e. The maximum atomic E-state index is 12.2. The molecule has 0 spiro atoms. The van der Waals surface area contributed by atoms with Crippen LogP contribution in [0.3, 0.4) is 0 Å². The number of anilines is 1. The fraction of sp³-hybridized carbons (Fsp3) is 0.500. The van der Waals surface area contributed by atoms with Crippen molar-refractivity contribution in [2.24, 2.45) is 0 Å². The van der Waals surface area contributed by atoms with E-state index in [1.165, 1.54) is 7.11 Å². The number of nitrogens with one attached hydrogen (secondary N) is 1. The first-order valence-electron chi connectivity index (χ1n) is 6.54. The predicted octanol–water partition coefficient (Wildman–Crippen LogP) is 2.99. The Morgan fingerprint density at radius 3 is 2.65 bits per heavy atom. The highest BCUT2D eigenvalue weighted by Gasteiger charge is 2.25. The van der Waals surface area contributed by atoms with E-state index in [9.17, 15) is 4.79 Å². The summed E-state index contributed by atoms with van der Waals surface area (Å²) in [5.74, 6) is 0.535. The van der Waals surface area contributed by atoms with Gasteiger partial charge in [0.25, 0.3) is 0 Å². The van der Waals surface area contributed by atoms with Gasteiger partial charge in [-0.05, 0) is 26.0 Å². The molecule has 0 bridgehead atoms. The highest BCUT2D eigenvalue weighted by Crippen LogP contribution is 2.27. The highest BCUT2D eigenvalue weighted by molar-refractivity contribution is 6.32. The van der Waals surface area contributed by atoms with Crippen LogP contribution in [0.15, 0.2) is 18.2 Å². The third kappa shape index (κ3) is 3.55. The molecule has 5 nitrogen and oxygen atoms in total. The summed E-state index contributed by atoms with van der Waals surface area (Å²) in [5.41, 5.74) is 0.656. The summed E-state index contributed by atoms with van der Waals surface area (Å²) >= 11 is 5.96. The topological polar surface area (TPSA) is 50.8 Å². The smallest absolute Gasteiger partial charge is 0.322 e. The Morgan fingerprint density at radius 2 is 2.05 bits per heavy atom. The zero-order chi connectivity index (χ0) is 14.7. The molecule has 1 aliphatic rings. The third-order valence-corrected chi connectivity index (χ3v) is 3.42. The van der Waals surface area contributed by atoms with E-state index in [0.29, 0.717) is 29.5 Å². The van der Waals surface area contributed by atoms with Crippen molar-refractivity contribution in [1.82, 2.24) is 4.90 Å². The Hall–Kier alpha value is -1.46. The van der Waals surface area contributed by atoms with Crippen molar-refractivity contribution in [2.45, 2.75) is 26.1 Å². The summed E-state index contributed by atoms with van der Waals surface area (Å²) in [5, 5.41) is 3.36. The quantitative estimate of drug-likeness (QED) is 0.913. The number of urea groups is 1. The van der Waals surface area contributed by atoms with Crippen LogP contribution < -0.4 is 10.1 Å². The zero-order valence-corrected chi connectivity index (χ0v) is 12.6. The van der Waals surface area contributed by atoms with Crippen molar-refractivity contribution in [1.29, 1.82) is 0 Å². The van der Waals surface area contributed by atoms with Gasteiger partial charge in [-0.15, -0.1) is 0 Å². The Balaban J connectivity index is 2.04. The summed E-state index contributed by atoms with van der Waals surface area (Å²) in [4.78, 5) is 14.0. The van der Waals surface area contributed by atoms with E-state index in [2.05, 4.69) is 5.32 Å². The van der Waals surface area contributed by atoms with Crippen LogP contribution in [0.2, 0.25) is 5.02 Å². The number of hydrogen-bond acceptors (Lipinski definition) is 3. The molecule has 0 aromatic heterocycles. The van der Waals surface area contributed by atoms with E-state index in [1.807, 2.05) is 13.8 Å². The molecule has 1 aromatic carbocycles. The first-order valence-corrected chi connectivity index (χ1v) is 6.92. The average molecular weight is 299 g/mol. The van der Waals surface area contributed by atoms with Gasteiger partial charge in [-0.25, -0.2) is 4.79 Å². The second kappa shape index (κ2) is 6.33. The van der Waals surface area contributed by atoms with Gasteiger partial charge in [-0.1, -0.05) is 11.6 Å². The molecule has 1 aromatic rings. The zero-order valence-electron chi connectivity index (χ0n) is 11.9. The molecule has 1 heterocycles. The van der Waals surface area contributed by atoms with Crippen LogP contribution in [0.25, 0.3) is 0 Å². The summed E-state index contributed by atoms with van der Waals surface area (Å²) in [7, 11) is 1.54. The lowest BCUT2D eigenvalue weighted by Crippen LogP contribution is -2.49. The van der Waals surface area contributed by atoms with Gasteiger partial charge >= 0.3 is 6.03 Å². The van der Waals surface area contributed by atoms with Crippen LogP contribution in [0, 0.1) is 0 Å². The van der Waals surface area contributed by atoms with Gasteiger partial charge in [0.2, 0.25) is 0 Å². The molecular formula is C14H19ClN2O3. The molecule has 6 heteroatoms. The summed E-state index contributed by atoms with van der Waals surface area (Å²) in [6, 6.07) is 5.00. The number of carbonyl (C=O) groups is 1. The van der Waals surface area contributed by atoms with Gasteiger partial charge in [0, 0.05) is 24.8 Å². The minimum absolute atomic E-state index is 0.0456. The summed E-state index contributed by atoms with van der Waals surface area (Å²) < 4.78 is 10.7. The summed E-state index contributed by atoms with van der Waals surface area (Å²) in [6.07, 6.45) is 0.0912. The van der Waals surface area contributed by atoms with Gasteiger partial charge in [-0.3, -0.25) is 0 Å². The van der Waals surface area contributed by atoms with E-state index < -0.39 is 0 Å². The molecule has 2 rings (SSSR count). The number of amides is 2. The largest absolute Gasteiger partial charge is 0.495 e. The number of benzene rings is 1. The number of carbonyl (C=O) groups excluding carboxylic acids is 1.